The number of amides is 1. The molecule has 3 N–H and O–H groups in total. The van der Waals surface area contributed by atoms with E-state index in [-0.39, 0.29) is 5.91 Å². The minimum Gasteiger partial charge on any atom is -0.325 e. The molecule has 0 bridgehead atoms. The summed E-state index contributed by atoms with van der Waals surface area (Å²) in [5.41, 5.74) is 0.802. The molecular weight excluding hydrogens is 274 g/mol. The molecule has 0 aliphatic heterocycles. The van der Waals surface area contributed by atoms with Gasteiger partial charge in [-0.3, -0.25) is 4.79 Å². The lowest BCUT2D eigenvalue weighted by atomic mass is 10.3. The van der Waals surface area contributed by atoms with Crippen molar-refractivity contribution < 1.29 is 13.2 Å². The molecular formula is C10H17N3O3S2. The molecule has 0 spiro atoms. The topological polar surface area (TPSA) is 87.3 Å². The molecule has 6 nitrogen and oxygen atoms in total. The molecule has 0 aliphatic rings. The first-order valence-electron chi connectivity index (χ1n) is 5.38. The molecule has 1 rings (SSSR count). The van der Waals surface area contributed by atoms with Gasteiger partial charge in [-0.05, 0) is 11.4 Å². The lowest BCUT2D eigenvalue weighted by Gasteiger charge is -2.06. The van der Waals surface area contributed by atoms with Crippen LogP contribution in [0, 0.1) is 0 Å². The molecule has 1 amide bonds. The van der Waals surface area contributed by atoms with Crippen LogP contribution >= 0.6 is 11.3 Å². The van der Waals surface area contributed by atoms with E-state index in [1.165, 1.54) is 18.3 Å². The van der Waals surface area contributed by atoms with E-state index in [1.54, 1.807) is 0 Å². The number of hydrogen-bond acceptors (Lipinski definition) is 5. The number of sulfonamides is 1. The van der Waals surface area contributed by atoms with Crippen LogP contribution < -0.4 is 15.4 Å². The second-order valence-corrected chi connectivity index (χ2v) is 6.62. The molecule has 0 atom stereocenters. The molecule has 0 aromatic carbocycles. The maximum Gasteiger partial charge on any atom is 0.221 e. The Balaban J connectivity index is 2.31. The molecule has 0 radical (unpaired) electrons. The van der Waals surface area contributed by atoms with Gasteiger partial charge in [0, 0.05) is 31.4 Å². The second kappa shape index (κ2) is 6.83. The molecule has 0 saturated carbocycles. The summed E-state index contributed by atoms with van der Waals surface area (Å²) in [4.78, 5) is 12.0. The Morgan fingerprint density at radius 2 is 2.11 bits per heavy atom. The monoisotopic (exact) mass is 291 g/mol. The highest BCUT2D eigenvalue weighted by Crippen LogP contribution is 2.21. The summed E-state index contributed by atoms with van der Waals surface area (Å²) < 4.78 is 24.0. The van der Waals surface area contributed by atoms with Crippen LogP contribution in [-0.4, -0.2) is 33.7 Å². The van der Waals surface area contributed by atoms with Crippen LogP contribution in [0.15, 0.2) is 11.4 Å². The number of rotatable bonds is 7. The third-order valence-corrected chi connectivity index (χ3v) is 3.66. The zero-order valence-corrected chi connectivity index (χ0v) is 12.0. The van der Waals surface area contributed by atoms with Gasteiger partial charge < -0.3 is 10.6 Å². The maximum absolute atomic E-state index is 10.9. The van der Waals surface area contributed by atoms with Crippen LogP contribution in [-0.2, 0) is 21.4 Å². The predicted octanol–water partition coefficient (Wildman–Crippen LogP) is 0.345. The second-order valence-electron chi connectivity index (χ2n) is 3.78. The molecule has 0 unspecified atom stereocenters. The zero-order chi connectivity index (χ0) is 13.6. The van der Waals surface area contributed by atoms with Gasteiger partial charge in [0.25, 0.3) is 0 Å². The molecule has 8 heteroatoms. The van der Waals surface area contributed by atoms with E-state index >= 15 is 0 Å². The van der Waals surface area contributed by atoms with Crippen molar-refractivity contribution in [3.8, 4) is 0 Å². The van der Waals surface area contributed by atoms with E-state index in [0.29, 0.717) is 19.6 Å². The van der Waals surface area contributed by atoms with Crippen LogP contribution in [0.4, 0.5) is 5.69 Å². The first kappa shape index (κ1) is 15.1. The molecule has 1 aromatic rings. The normalized spacial score (nSPS) is 11.4. The van der Waals surface area contributed by atoms with E-state index in [9.17, 15) is 13.2 Å². The molecule has 18 heavy (non-hydrogen) atoms. The van der Waals surface area contributed by atoms with Gasteiger partial charge in [0.2, 0.25) is 15.9 Å². The van der Waals surface area contributed by atoms with Crippen molar-refractivity contribution in [2.24, 2.45) is 0 Å². The zero-order valence-electron chi connectivity index (χ0n) is 10.3. The van der Waals surface area contributed by atoms with Gasteiger partial charge in [-0.25, -0.2) is 13.1 Å². The van der Waals surface area contributed by atoms with Crippen molar-refractivity contribution in [3.05, 3.63) is 16.3 Å². The van der Waals surface area contributed by atoms with E-state index in [2.05, 4.69) is 15.4 Å². The number of carbonyl (C=O) groups is 1. The maximum atomic E-state index is 10.9. The Morgan fingerprint density at radius 1 is 1.39 bits per heavy atom. The summed E-state index contributed by atoms with van der Waals surface area (Å²) in [7, 11) is -3.13. The fourth-order valence-corrected chi connectivity index (χ4v) is 2.58. The van der Waals surface area contributed by atoms with Gasteiger partial charge in [0.05, 0.1) is 11.9 Å². The fraction of sp³-hybridized carbons (Fsp3) is 0.500. The summed E-state index contributed by atoms with van der Waals surface area (Å²) >= 11 is 1.54. The number of anilines is 1. The first-order chi connectivity index (χ1) is 8.38. The highest BCUT2D eigenvalue weighted by Gasteiger charge is 2.05. The van der Waals surface area contributed by atoms with E-state index in [4.69, 9.17) is 0 Å². The molecule has 1 aromatic heterocycles. The minimum absolute atomic E-state index is 0.103. The SMILES string of the molecule is CC(=O)Nc1ccsc1CNCCNS(C)(=O)=O. The standard InChI is InChI=1S/C10H17N3O3S2/c1-8(14)13-9-3-6-17-10(9)7-11-4-5-12-18(2,15)16/h3,6,11-12H,4-5,7H2,1-2H3,(H,13,14). The molecule has 0 saturated heterocycles. The lowest BCUT2D eigenvalue weighted by Crippen LogP contribution is -2.30. The number of carbonyl (C=O) groups excluding carboxylic acids is 1. The van der Waals surface area contributed by atoms with Crippen LogP contribution in [0.1, 0.15) is 11.8 Å². The Labute approximate surface area is 111 Å². The Kier molecular flexibility index (Phi) is 5.73. The lowest BCUT2D eigenvalue weighted by molar-refractivity contribution is -0.114. The van der Waals surface area contributed by atoms with Crippen molar-refractivity contribution in [2.75, 3.05) is 24.7 Å². The average molecular weight is 291 g/mol. The first-order valence-corrected chi connectivity index (χ1v) is 8.15. The quantitative estimate of drug-likeness (QED) is 0.632. The highest BCUT2D eigenvalue weighted by atomic mass is 32.2. The third-order valence-electron chi connectivity index (χ3n) is 2.01. The van der Waals surface area contributed by atoms with Crippen molar-refractivity contribution >= 4 is 33.0 Å². The summed E-state index contributed by atoms with van der Waals surface area (Å²) in [5, 5.41) is 7.74. The van der Waals surface area contributed by atoms with E-state index in [0.717, 1.165) is 16.8 Å². The molecule has 0 aliphatic carbocycles. The van der Waals surface area contributed by atoms with E-state index < -0.39 is 10.0 Å². The van der Waals surface area contributed by atoms with Gasteiger partial charge in [-0.15, -0.1) is 11.3 Å². The summed E-state index contributed by atoms with van der Waals surface area (Å²) in [5.74, 6) is -0.103. The minimum atomic E-state index is -3.13. The van der Waals surface area contributed by atoms with Gasteiger partial charge in [-0.1, -0.05) is 0 Å². The van der Waals surface area contributed by atoms with Gasteiger partial charge in [-0.2, -0.15) is 0 Å². The van der Waals surface area contributed by atoms with Crippen molar-refractivity contribution in [3.63, 3.8) is 0 Å². The van der Waals surface area contributed by atoms with Crippen molar-refractivity contribution in [2.45, 2.75) is 13.5 Å². The Bertz CT molecular complexity index is 496. The predicted molar refractivity (Wildman–Crippen MR) is 73.2 cm³/mol. The van der Waals surface area contributed by atoms with Gasteiger partial charge in [0.15, 0.2) is 0 Å². The molecule has 102 valence electrons. The van der Waals surface area contributed by atoms with Crippen LogP contribution in [0.25, 0.3) is 0 Å². The average Bonchev–Trinajstić information content (AvgIpc) is 2.62. The van der Waals surface area contributed by atoms with Crippen LogP contribution in [0.5, 0.6) is 0 Å². The van der Waals surface area contributed by atoms with Crippen LogP contribution in [0.2, 0.25) is 0 Å². The van der Waals surface area contributed by atoms with Gasteiger partial charge >= 0.3 is 0 Å². The number of thiophene rings is 1. The van der Waals surface area contributed by atoms with Crippen molar-refractivity contribution in [1.82, 2.24) is 10.0 Å². The van der Waals surface area contributed by atoms with E-state index in [1.807, 2.05) is 11.4 Å². The smallest absolute Gasteiger partial charge is 0.221 e. The largest absolute Gasteiger partial charge is 0.325 e. The highest BCUT2D eigenvalue weighted by molar-refractivity contribution is 7.88. The van der Waals surface area contributed by atoms with Gasteiger partial charge in [0.1, 0.15) is 0 Å². The Hall–Kier alpha value is -0.960. The summed E-state index contributed by atoms with van der Waals surface area (Å²) in [6, 6.07) is 1.85. The molecule has 1 heterocycles. The summed E-state index contributed by atoms with van der Waals surface area (Å²) in [6.45, 7) is 2.94. The third kappa shape index (κ3) is 6.10. The van der Waals surface area contributed by atoms with Crippen LogP contribution in [0.3, 0.4) is 0 Å². The fourth-order valence-electron chi connectivity index (χ4n) is 1.31. The number of hydrogen-bond donors (Lipinski definition) is 3. The number of nitrogens with one attached hydrogen (secondary N) is 3. The summed E-state index contributed by atoms with van der Waals surface area (Å²) in [6.07, 6.45) is 1.13. The van der Waals surface area contributed by atoms with Crippen molar-refractivity contribution in [1.29, 1.82) is 0 Å². The molecule has 0 fully saturated rings. The Morgan fingerprint density at radius 3 is 2.72 bits per heavy atom.